The van der Waals surface area contributed by atoms with Crippen molar-refractivity contribution >= 4 is 17.3 Å². The number of nitriles is 1. The monoisotopic (exact) mass is 400 g/mol. The number of hydrogen-bond donors (Lipinski definition) is 2. The smallest absolute Gasteiger partial charge is 0.244 e. The topological polar surface area (TPSA) is 101 Å². The molecule has 0 saturated heterocycles. The molecule has 0 bridgehead atoms. The number of ether oxygens (including phenoxy) is 2. The zero-order valence-electron chi connectivity index (χ0n) is 16.7. The third-order valence-corrected chi connectivity index (χ3v) is 6.15. The maximum Gasteiger partial charge on any atom is 0.244 e. The molecular formula is C23H20N4O3. The van der Waals surface area contributed by atoms with E-state index in [9.17, 15) is 10.1 Å². The fourth-order valence-corrected chi connectivity index (χ4v) is 4.70. The van der Waals surface area contributed by atoms with Crippen molar-refractivity contribution in [2.24, 2.45) is 5.73 Å². The predicted octanol–water partition coefficient (Wildman–Crippen LogP) is 2.50. The highest BCUT2D eigenvalue weighted by molar-refractivity contribution is 6.12. The van der Waals surface area contributed by atoms with Crippen molar-refractivity contribution in [3.63, 3.8) is 0 Å². The van der Waals surface area contributed by atoms with Gasteiger partial charge in [0.25, 0.3) is 0 Å². The molecule has 3 aliphatic rings. The Kier molecular flexibility index (Phi) is 3.80. The molecule has 0 fully saturated rings. The van der Waals surface area contributed by atoms with Gasteiger partial charge in [-0.25, -0.2) is 0 Å². The predicted molar refractivity (Wildman–Crippen MR) is 112 cm³/mol. The van der Waals surface area contributed by atoms with E-state index in [1.807, 2.05) is 47.4 Å². The van der Waals surface area contributed by atoms with Gasteiger partial charge in [-0.3, -0.25) is 4.79 Å². The molecule has 7 heteroatoms. The summed E-state index contributed by atoms with van der Waals surface area (Å²) in [5.74, 6) is 1.28. The standard InChI is InChI=1S/C23H20N4O3/c1-29-19-9-13-7-8-27-18(14(13)10-20(19)30-2)11-23(16(12-24)21(27)25)15-5-3-4-6-17(15)26-22(23)28/h3-6,9-11H,7-8,25H2,1-2H3,(H,26,28)/t23-/m0/s1. The van der Waals surface area contributed by atoms with Crippen LogP contribution >= 0.6 is 0 Å². The summed E-state index contributed by atoms with van der Waals surface area (Å²) in [6.45, 7) is 0.602. The summed E-state index contributed by atoms with van der Waals surface area (Å²) in [4.78, 5) is 15.2. The number of carbonyl (C=O) groups is 1. The van der Waals surface area contributed by atoms with Gasteiger partial charge in [-0.1, -0.05) is 18.2 Å². The summed E-state index contributed by atoms with van der Waals surface area (Å²) in [5, 5.41) is 12.9. The molecule has 1 spiro atoms. The summed E-state index contributed by atoms with van der Waals surface area (Å²) < 4.78 is 11.0. The molecule has 0 saturated carbocycles. The van der Waals surface area contributed by atoms with Crippen LogP contribution in [0.3, 0.4) is 0 Å². The third kappa shape index (κ3) is 2.16. The summed E-state index contributed by atoms with van der Waals surface area (Å²) >= 11 is 0. The first-order valence-corrected chi connectivity index (χ1v) is 9.62. The van der Waals surface area contributed by atoms with Crippen molar-refractivity contribution in [2.75, 3.05) is 26.1 Å². The Balaban J connectivity index is 1.80. The number of nitrogens with two attached hydrogens (primary N) is 1. The highest BCUT2D eigenvalue weighted by Gasteiger charge is 2.53. The van der Waals surface area contributed by atoms with Crippen LogP contribution in [0.25, 0.3) is 5.70 Å². The SMILES string of the molecule is COc1cc2c(cc1OC)C1=C[C@@]3(C(=O)Nc4ccccc43)C(C#N)=C(N)N1CC2. The molecule has 1 atom stereocenters. The molecule has 0 aliphatic carbocycles. The molecular weight excluding hydrogens is 380 g/mol. The number of carbonyl (C=O) groups excluding carboxylic acids is 1. The molecule has 3 heterocycles. The maximum absolute atomic E-state index is 13.3. The van der Waals surface area contributed by atoms with Crippen LogP contribution < -0.4 is 20.5 Å². The van der Waals surface area contributed by atoms with Gasteiger partial charge >= 0.3 is 0 Å². The fourth-order valence-electron chi connectivity index (χ4n) is 4.70. The minimum atomic E-state index is -1.26. The lowest BCUT2D eigenvalue weighted by molar-refractivity contribution is -0.118. The van der Waals surface area contributed by atoms with Crippen LogP contribution in [-0.2, 0) is 16.6 Å². The molecule has 2 aromatic rings. The number of anilines is 1. The molecule has 1 amide bonds. The first-order valence-electron chi connectivity index (χ1n) is 9.62. The minimum Gasteiger partial charge on any atom is -0.493 e. The van der Waals surface area contributed by atoms with E-state index in [4.69, 9.17) is 15.2 Å². The van der Waals surface area contributed by atoms with Crippen LogP contribution in [0.1, 0.15) is 16.7 Å². The van der Waals surface area contributed by atoms with E-state index in [1.54, 1.807) is 14.2 Å². The van der Waals surface area contributed by atoms with Crippen LogP contribution in [0.4, 0.5) is 5.69 Å². The zero-order valence-corrected chi connectivity index (χ0v) is 16.7. The van der Waals surface area contributed by atoms with E-state index in [2.05, 4.69) is 11.4 Å². The average Bonchev–Trinajstić information content (AvgIpc) is 3.04. The van der Waals surface area contributed by atoms with Gasteiger partial charge < -0.3 is 25.4 Å². The molecule has 5 rings (SSSR count). The first-order chi connectivity index (χ1) is 14.5. The van der Waals surface area contributed by atoms with Gasteiger partial charge in [-0.2, -0.15) is 5.26 Å². The van der Waals surface area contributed by atoms with E-state index in [0.29, 0.717) is 29.6 Å². The van der Waals surface area contributed by atoms with Gasteiger partial charge in [-0.05, 0) is 36.3 Å². The van der Waals surface area contributed by atoms with Gasteiger partial charge in [-0.15, -0.1) is 0 Å². The highest BCUT2D eigenvalue weighted by Crippen LogP contribution is 2.51. The fraction of sp³-hybridized carbons (Fsp3) is 0.217. The van der Waals surface area contributed by atoms with E-state index in [1.165, 1.54) is 0 Å². The first kappa shape index (κ1) is 18.1. The van der Waals surface area contributed by atoms with Gasteiger partial charge in [0.15, 0.2) is 11.5 Å². The Labute approximate surface area is 174 Å². The Morgan fingerprint density at radius 3 is 2.67 bits per heavy atom. The number of benzene rings is 2. The molecule has 0 unspecified atom stereocenters. The lowest BCUT2D eigenvalue weighted by Gasteiger charge is -2.41. The van der Waals surface area contributed by atoms with Gasteiger partial charge in [0.05, 0.1) is 19.8 Å². The Morgan fingerprint density at radius 1 is 1.20 bits per heavy atom. The van der Waals surface area contributed by atoms with E-state index in [-0.39, 0.29) is 11.5 Å². The number of para-hydroxylation sites is 1. The Hall–Kier alpha value is -3.92. The Morgan fingerprint density at radius 2 is 1.93 bits per heavy atom. The van der Waals surface area contributed by atoms with Crippen LogP contribution in [0.5, 0.6) is 11.5 Å². The van der Waals surface area contributed by atoms with E-state index < -0.39 is 5.41 Å². The number of nitrogens with zero attached hydrogens (tertiary/aromatic N) is 2. The molecule has 3 N–H and O–H groups in total. The average molecular weight is 400 g/mol. The minimum absolute atomic E-state index is 0.248. The number of fused-ring (bicyclic) bond motifs is 5. The van der Waals surface area contributed by atoms with Crippen molar-refractivity contribution in [1.82, 2.24) is 4.90 Å². The number of nitrogens with one attached hydrogen (secondary N) is 1. The largest absolute Gasteiger partial charge is 0.493 e. The molecule has 150 valence electrons. The van der Waals surface area contributed by atoms with Crippen LogP contribution in [0.2, 0.25) is 0 Å². The number of rotatable bonds is 2. The summed E-state index contributed by atoms with van der Waals surface area (Å²) in [5.41, 5.74) is 9.70. The quantitative estimate of drug-likeness (QED) is 0.803. The highest BCUT2D eigenvalue weighted by atomic mass is 16.5. The van der Waals surface area contributed by atoms with E-state index >= 15 is 0 Å². The number of hydrogen-bond acceptors (Lipinski definition) is 6. The Bertz CT molecular complexity index is 1210. The second-order valence-electron chi connectivity index (χ2n) is 7.48. The third-order valence-electron chi connectivity index (χ3n) is 6.15. The summed E-state index contributed by atoms with van der Waals surface area (Å²) in [6.07, 6.45) is 2.59. The lowest BCUT2D eigenvalue weighted by atomic mass is 9.71. The molecule has 0 radical (unpaired) electrons. The second-order valence-corrected chi connectivity index (χ2v) is 7.48. The normalized spacial score (nSPS) is 21.3. The maximum atomic E-state index is 13.3. The van der Waals surface area contributed by atoms with Crippen LogP contribution in [0, 0.1) is 11.3 Å². The van der Waals surface area contributed by atoms with Crippen molar-refractivity contribution in [3.8, 4) is 17.6 Å². The van der Waals surface area contributed by atoms with Gasteiger partial charge in [0.2, 0.25) is 5.91 Å². The van der Waals surface area contributed by atoms with Crippen LogP contribution in [-0.4, -0.2) is 31.6 Å². The van der Waals surface area contributed by atoms with E-state index in [0.717, 1.165) is 28.8 Å². The van der Waals surface area contributed by atoms with Crippen LogP contribution in [0.15, 0.2) is 53.9 Å². The zero-order chi connectivity index (χ0) is 21.0. The van der Waals surface area contributed by atoms with Crippen molar-refractivity contribution in [1.29, 1.82) is 5.26 Å². The summed E-state index contributed by atoms with van der Waals surface area (Å²) in [7, 11) is 3.19. The lowest BCUT2D eigenvalue weighted by Crippen LogP contribution is -2.45. The van der Waals surface area contributed by atoms with Crippen molar-refractivity contribution in [3.05, 3.63) is 70.6 Å². The molecule has 7 nitrogen and oxygen atoms in total. The molecule has 0 aromatic heterocycles. The molecule has 3 aliphatic heterocycles. The number of amides is 1. The van der Waals surface area contributed by atoms with Gasteiger partial charge in [0.1, 0.15) is 17.3 Å². The van der Waals surface area contributed by atoms with Crippen molar-refractivity contribution in [2.45, 2.75) is 11.8 Å². The van der Waals surface area contributed by atoms with Gasteiger partial charge in [0, 0.05) is 29.1 Å². The van der Waals surface area contributed by atoms with Crippen molar-refractivity contribution < 1.29 is 14.3 Å². The molecule has 2 aromatic carbocycles. The number of methoxy groups -OCH3 is 2. The second kappa shape index (κ2) is 6.29. The summed E-state index contributed by atoms with van der Waals surface area (Å²) in [6, 6.07) is 13.5. The molecule has 30 heavy (non-hydrogen) atoms.